The third kappa shape index (κ3) is 32.0. The Hall–Kier alpha value is -0.890. The number of carbonyl (C=O) groups excluding carboxylic acids is 1. The summed E-state index contributed by atoms with van der Waals surface area (Å²) in [7, 11) is 0. The number of ether oxygens (including phenoxy) is 2. The normalized spacial score (nSPS) is 20.5. The minimum Gasteiger partial charge on any atom is -0.394 e. The van der Waals surface area contributed by atoms with Gasteiger partial charge in [-0.1, -0.05) is 213 Å². The number of nitrogens with zero attached hydrogens (tertiary/aromatic N) is 1. The van der Waals surface area contributed by atoms with Crippen molar-refractivity contribution in [2.24, 2.45) is 0 Å². The lowest BCUT2D eigenvalue weighted by Crippen LogP contribution is -2.60. The summed E-state index contributed by atoms with van der Waals surface area (Å²) >= 11 is 0. The largest absolute Gasteiger partial charge is 0.394 e. The van der Waals surface area contributed by atoms with Crippen LogP contribution in [0.3, 0.4) is 0 Å². The number of rotatable bonds is 47. The van der Waals surface area contributed by atoms with Crippen LogP contribution < -0.4 is 5.32 Å². The van der Waals surface area contributed by atoms with Gasteiger partial charge in [0.15, 0.2) is 6.29 Å². The van der Waals surface area contributed by atoms with Gasteiger partial charge < -0.3 is 50.3 Å². The van der Waals surface area contributed by atoms with E-state index in [0.29, 0.717) is 6.42 Å². The fourth-order valence-corrected chi connectivity index (χ4v) is 9.14. The Bertz CT molecular complexity index is 991. The van der Waals surface area contributed by atoms with E-state index in [1.165, 1.54) is 187 Å². The Morgan fingerprint density at radius 2 is 0.906 bits per heavy atom. The molecule has 0 bridgehead atoms. The monoisotopic (exact) mass is 915 g/mol. The number of aliphatic hydroxyl groups is 6. The second-order valence-corrected chi connectivity index (χ2v) is 19.6. The van der Waals surface area contributed by atoms with Crippen molar-refractivity contribution in [1.29, 1.82) is 0 Å². The van der Waals surface area contributed by atoms with E-state index in [1.807, 2.05) is 0 Å². The lowest BCUT2D eigenvalue weighted by molar-refractivity contribution is -0.303. The molecule has 0 aliphatic carbocycles. The Morgan fingerprint density at radius 1 is 0.531 bits per heavy atom. The first-order valence-corrected chi connectivity index (χ1v) is 27.5. The van der Waals surface area contributed by atoms with Crippen molar-refractivity contribution in [2.75, 3.05) is 32.8 Å². The summed E-state index contributed by atoms with van der Waals surface area (Å²) in [4.78, 5) is 15.9. The molecule has 1 saturated heterocycles. The van der Waals surface area contributed by atoms with Gasteiger partial charge in [0.05, 0.1) is 25.4 Å². The van der Waals surface area contributed by atoms with Crippen molar-refractivity contribution in [1.82, 2.24) is 10.2 Å². The number of unbranched alkanes of at least 4 members (excludes halogenated alkanes) is 30. The van der Waals surface area contributed by atoms with E-state index in [9.17, 15) is 35.4 Å². The topological polar surface area (TPSA) is 172 Å². The van der Waals surface area contributed by atoms with Gasteiger partial charge in [0, 0.05) is 6.42 Å². The molecule has 11 heteroatoms. The van der Waals surface area contributed by atoms with Crippen LogP contribution in [0.1, 0.15) is 252 Å². The van der Waals surface area contributed by atoms with Gasteiger partial charge in [-0.2, -0.15) is 0 Å². The smallest absolute Gasteiger partial charge is 0.220 e. The number of hydrogen-bond acceptors (Lipinski definition) is 10. The highest BCUT2D eigenvalue weighted by Crippen LogP contribution is 2.23. The maximum absolute atomic E-state index is 13.1. The van der Waals surface area contributed by atoms with Crippen LogP contribution in [-0.4, -0.2) is 123 Å². The second-order valence-electron chi connectivity index (χ2n) is 19.6. The molecule has 1 aliphatic rings. The van der Waals surface area contributed by atoms with Crippen molar-refractivity contribution >= 4 is 5.91 Å². The average Bonchev–Trinajstić information content (AvgIpc) is 3.29. The van der Waals surface area contributed by atoms with E-state index in [1.54, 1.807) is 0 Å². The van der Waals surface area contributed by atoms with Crippen LogP contribution in [-0.2, 0) is 14.3 Å². The summed E-state index contributed by atoms with van der Waals surface area (Å²) < 4.78 is 11.2. The molecule has 1 heterocycles. The molecule has 1 aliphatic heterocycles. The van der Waals surface area contributed by atoms with Gasteiger partial charge in [0.1, 0.15) is 30.5 Å². The molecular formula is C53H106N2O9. The number of nitrogens with one attached hydrogen (secondary N) is 1. The first kappa shape index (κ1) is 61.1. The molecule has 0 spiro atoms. The standard InChI is InChI=1S/C53H106N2O9/c1-4-7-10-13-16-17-18-19-20-23-28-33-38-46(57)49(59)45(44-63-53-52(62)51(61)50(60)47(43-56)64-53)54-48(58)39-34-29-24-21-22-27-32-37-42-55(40-35-30-25-14-11-8-5-2)41-36-31-26-15-12-9-6-3/h45-47,49-53,56-57,59-62H,4-44H2,1-3H3,(H,54,58)/t45-,46+,47+,49-,50-,51-,52+,53-/m0/s1. The third-order valence-electron chi connectivity index (χ3n) is 13.6. The predicted molar refractivity (Wildman–Crippen MR) is 263 cm³/mol. The number of carbonyl (C=O) groups is 1. The Labute approximate surface area is 393 Å². The maximum atomic E-state index is 13.1. The summed E-state index contributed by atoms with van der Waals surface area (Å²) in [5, 5.41) is 65.6. The van der Waals surface area contributed by atoms with Gasteiger partial charge in [-0.25, -0.2) is 0 Å². The lowest BCUT2D eigenvalue weighted by atomic mass is 9.98. The Kier molecular flexibility index (Phi) is 41.4. The fraction of sp³-hybridized carbons (Fsp3) is 0.981. The summed E-state index contributed by atoms with van der Waals surface area (Å²) in [5.74, 6) is -0.253. The number of amides is 1. The minimum absolute atomic E-state index is 0.253. The van der Waals surface area contributed by atoms with E-state index in [4.69, 9.17) is 9.47 Å². The van der Waals surface area contributed by atoms with Crippen molar-refractivity contribution in [2.45, 2.75) is 301 Å². The molecule has 64 heavy (non-hydrogen) atoms. The van der Waals surface area contributed by atoms with Crippen LogP contribution in [0.2, 0.25) is 0 Å². The van der Waals surface area contributed by atoms with Crippen molar-refractivity contribution < 1.29 is 44.9 Å². The maximum Gasteiger partial charge on any atom is 0.220 e. The zero-order valence-electron chi connectivity index (χ0n) is 42.0. The molecule has 0 radical (unpaired) electrons. The highest BCUT2D eigenvalue weighted by molar-refractivity contribution is 5.76. The first-order valence-electron chi connectivity index (χ1n) is 27.5. The zero-order valence-corrected chi connectivity index (χ0v) is 42.0. The van der Waals surface area contributed by atoms with Crippen LogP contribution in [0.15, 0.2) is 0 Å². The summed E-state index contributed by atoms with van der Waals surface area (Å²) in [6.07, 6.45) is 33.3. The van der Waals surface area contributed by atoms with Crippen molar-refractivity contribution in [3.05, 3.63) is 0 Å². The predicted octanol–water partition coefficient (Wildman–Crippen LogP) is 10.4. The van der Waals surface area contributed by atoms with Gasteiger partial charge in [-0.05, 0) is 51.7 Å². The van der Waals surface area contributed by atoms with Crippen molar-refractivity contribution in [3.63, 3.8) is 0 Å². The lowest BCUT2D eigenvalue weighted by Gasteiger charge is -2.40. The first-order chi connectivity index (χ1) is 31.2. The number of hydrogen-bond donors (Lipinski definition) is 7. The minimum atomic E-state index is -1.61. The van der Waals surface area contributed by atoms with Crippen LogP contribution in [0.5, 0.6) is 0 Å². The third-order valence-corrected chi connectivity index (χ3v) is 13.6. The SMILES string of the molecule is CCCCCCCCCCCCCC[C@@H](O)[C@@H](O)[C@H](CO[C@H]1O[C@H](CO)[C@H](O)[C@H](O)[C@H]1O)NC(=O)CCCCCCCCCCN(CCCCCCCCC)CCCCCCCCC. The molecule has 1 fully saturated rings. The highest BCUT2D eigenvalue weighted by atomic mass is 16.7. The number of aliphatic hydroxyl groups excluding tert-OH is 6. The molecular weight excluding hydrogens is 809 g/mol. The van der Waals surface area contributed by atoms with Gasteiger partial charge in [-0.3, -0.25) is 4.79 Å². The Balaban J connectivity index is 2.46. The van der Waals surface area contributed by atoms with Crippen LogP contribution in [0, 0.1) is 0 Å². The zero-order chi connectivity index (χ0) is 46.9. The molecule has 0 saturated carbocycles. The molecule has 0 aromatic carbocycles. The van der Waals surface area contributed by atoms with E-state index in [0.717, 1.165) is 51.4 Å². The molecule has 11 nitrogen and oxygen atoms in total. The van der Waals surface area contributed by atoms with Gasteiger partial charge in [0.25, 0.3) is 0 Å². The highest BCUT2D eigenvalue weighted by Gasteiger charge is 2.44. The van der Waals surface area contributed by atoms with Gasteiger partial charge >= 0.3 is 0 Å². The van der Waals surface area contributed by atoms with E-state index < -0.39 is 55.6 Å². The summed E-state index contributed by atoms with van der Waals surface area (Å²) in [5.41, 5.74) is 0. The molecule has 7 N–H and O–H groups in total. The van der Waals surface area contributed by atoms with Crippen LogP contribution >= 0.6 is 0 Å². The molecule has 0 aromatic rings. The molecule has 8 atom stereocenters. The summed E-state index contributed by atoms with van der Waals surface area (Å²) in [6.45, 7) is 9.64. The molecule has 1 amide bonds. The Morgan fingerprint density at radius 3 is 1.31 bits per heavy atom. The molecule has 0 unspecified atom stereocenters. The van der Waals surface area contributed by atoms with Gasteiger partial charge in [-0.15, -0.1) is 0 Å². The van der Waals surface area contributed by atoms with Gasteiger partial charge in [0.2, 0.25) is 5.91 Å². The molecule has 382 valence electrons. The molecule has 1 rings (SSSR count). The fourth-order valence-electron chi connectivity index (χ4n) is 9.14. The van der Waals surface area contributed by atoms with E-state index in [2.05, 4.69) is 31.0 Å². The summed E-state index contributed by atoms with van der Waals surface area (Å²) in [6, 6.07) is -0.991. The van der Waals surface area contributed by atoms with Crippen LogP contribution in [0.4, 0.5) is 0 Å². The van der Waals surface area contributed by atoms with Crippen molar-refractivity contribution in [3.8, 4) is 0 Å². The quantitative estimate of drug-likeness (QED) is 0.0292. The van der Waals surface area contributed by atoms with E-state index in [-0.39, 0.29) is 18.9 Å². The van der Waals surface area contributed by atoms with Crippen LogP contribution in [0.25, 0.3) is 0 Å². The average molecular weight is 915 g/mol. The second kappa shape index (κ2) is 43.4. The molecule has 0 aromatic heterocycles. The van der Waals surface area contributed by atoms with E-state index >= 15 is 0 Å².